The second-order valence-corrected chi connectivity index (χ2v) is 11.5. The number of hydrogen-bond donors (Lipinski definition) is 0. The summed E-state index contributed by atoms with van der Waals surface area (Å²) in [6.07, 6.45) is 0.369. The van der Waals surface area contributed by atoms with E-state index in [4.69, 9.17) is 4.42 Å². The van der Waals surface area contributed by atoms with E-state index >= 15 is 0 Å². The van der Waals surface area contributed by atoms with E-state index < -0.39 is 21.8 Å². The normalized spacial score (nSPS) is 17.5. The number of amides is 1. The Morgan fingerprint density at radius 3 is 2.42 bits per heavy atom. The minimum absolute atomic E-state index is 0.0494. The van der Waals surface area contributed by atoms with Crippen molar-refractivity contribution in [1.82, 2.24) is 4.90 Å². The van der Waals surface area contributed by atoms with Gasteiger partial charge in [-0.05, 0) is 54.5 Å². The van der Waals surface area contributed by atoms with Crippen LogP contribution in [0.15, 0.2) is 51.7 Å². The lowest BCUT2D eigenvalue weighted by molar-refractivity contribution is 0.0648. The zero-order valence-corrected chi connectivity index (χ0v) is 20.2. The molecule has 0 bridgehead atoms. The van der Waals surface area contributed by atoms with Gasteiger partial charge in [0.1, 0.15) is 5.58 Å². The van der Waals surface area contributed by atoms with Crippen LogP contribution in [0.3, 0.4) is 0 Å². The third kappa shape index (κ3) is 4.88. The van der Waals surface area contributed by atoms with Gasteiger partial charge in [-0.3, -0.25) is 9.59 Å². The first-order chi connectivity index (χ1) is 15.5. The maximum Gasteiger partial charge on any atom is 0.290 e. The Morgan fingerprint density at radius 1 is 1.12 bits per heavy atom. The molecule has 1 aromatic heterocycles. The molecule has 1 fully saturated rings. The lowest BCUT2D eigenvalue weighted by Crippen LogP contribution is -2.41. The molecule has 0 aliphatic carbocycles. The largest absolute Gasteiger partial charge is 0.451 e. The smallest absolute Gasteiger partial charge is 0.290 e. The van der Waals surface area contributed by atoms with Gasteiger partial charge in [0.25, 0.3) is 5.91 Å². The van der Waals surface area contributed by atoms with E-state index in [-0.39, 0.29) is 29.2 Å². The molecule has 6 nitrogen and oxygen atoms in total. The number of rotatable bonds is 5. The minimum Gasteiger partial charge on any atom is -0.451 e. The minimum atomic E-state index is -3.21. The molecular weight excluding hydrogens is 438 g/mol. The second-order valence-electron chi connectivity index (χ2n) is 9.32. The summed E-state index contributed by atoms with van der Waals surface area (Å²) in [6.45, 7) is 8.20. The molecule has 1 aliphatic rings. The summed E-state index contributed by atoms with van der Waals surface area (Å²) in [5.41, 5.74) is 3.89. The molecule has 4 rings (SSSR count). The predicted octanol–water partition coefficient (Wildman–Crippen LogP) is 4.36. The number of carbonyl (C=O) groups is 1. The molecule has 0 radical (unpaired) electrons. The van der Waals surface area contributed by atoms with E-state index in [0.29, 0.717) is 23.3 Å². The van der Waals surface area contributed by atoms with Crippen molar-refractivity contribution >= 4 is 26.7 Å². The summed E-state index contributed by atoms with van der Waals surface area (Å²) in [5, 5.41) is 0.455. The average molecular weight is 468 g/mol. The summed E-state index contributed by atoms with van der Waals surface area (Å²) in [6, 6.07) is 12.4. The van der Waals surface area contributed by atoms with E-state index in [1.807, 2.05) is 44.2 Å². The second kappa shape index (κ2) is 8.78. The predicted molar refractivity (Wildman–Crippen MR) is 129 cm³/mol. The fraction of sp³-hybridized carbons (Fsp3) is 0.385. The molecule has 2 heterocycles. The molecule has 3 aromatic rings. The van der Waals surface area contributed by atoms with Crippen LogP contribution in [-0.4, -0.2) is 36.8 Å². The Labute approximate surface area is 194 Å². The van der Waals surface area contributed by atoms with E-state index in [1.54, 1.807) is 11.0 Å². The van der Waals surface area contributed by atoms with Crippen molar-refractivity contribution in [2.24, 2.45) is 0 Å². The number of fused-ring (bicyclic) bond motifs is 1. The van der Waals surface area contributed by atoms with Gasteiger partial charge < -0.3 is 9.32 Å². The fourth-order valence-corrected chi connectivity index (χ4v) is 6.23. The van der Waals surface area contributed by atoms with Crippen LogP contribution >= 0.6 is 0 Å². The topological polar surface area (TPSA) is 84.7 Å². The Morgan fingerprint density at radius 2 is 1.82 bits per heavy atom. The lowest BCUT2D eigenvalue weighted by Gasteiger charge is -2.28. The van der Waals surface area contributed by atoms with Crippen molar-refractivity contribution in [1.29, 1.82) is 0 Å². The number of sulfone groups is 1. The SMILES string of the molecule is Cc1cc(C)c2c(=O)cc(C(=O)N(Cc3ccc(C(C)C)cc3)[C@@H]3CCS(=O)(=O)C3)oc2c1. The number of aryl methyl sites for hydroxylation is 2. The van der Waals surface area contributed by atoms with Crippen LogP contribution in [0.5, 0.6) is 0 Å². The van der Waals surface area contributed by atoms with Crippen LogP contribution in [0.2, 0.25) is 0 Å². The molecule has 0 saturated carbocycles. The average Bonchev–Trinajstić information content (AvgIpc) is 3.10. The van der Waals surface area contributed by atoms with Crippen molar-refractivity contribution in [2.75, 3.05) is 11.5 Å². The maximum atomic E-state index is 13.6. The molecule has 0 unspecified atom stereocenters. The third-order valence-corrected chi connectivity index (χ3v) is 8.04. The van der Waals surface area contributed by atoms with Crippen LogP contribution in [0, 0.1) is 13.8 Å². The highest BCUT2D eigenvalue weighted by molar-refractivity contribution is 7.91. The molecular formula is C26H29NO5S. The molecule has 7 heteroatoms. The van der Waals surface area contributed by atoms with E-state index in [2.05, 4.69) is 13.8 Å². The van der Waals surface area contributed by atoms with Crippen LogP contribution in [0.25, 0.3) is 11.0 Å². The molecule has 174 valence electrons. The summed E-state index contributed by atoms with van der Waals surface area (Å²) in [4.78, 5) is 27.9. The molecule has 2 aromatic carbocycles. The van der Waals surface area contributed by atoms with Crippen LogP contribution in [0.1, 0.15) is 59.0 Å². The van der Waals surface area contributed by atoms with Gasteiger partial charge in [0.15, 0.2) is 21.0 Å². The molecule has 1 saturated heterocycles. The first-order valence-electron chi connectivity index (χ1n) is 11.2. The zero-order valence-electron chi connectivity index (χ0n) is 19.4. The van der Waals surface area contributed by atoms with E-state index in [0.717, 1.165) is 16.7 Å². The number of hydrogen-bond acceptors (Lipinski definition) is 5. The van der Waals surface area contributed by atoms with E-state index in [9.17, 15) is 18.0 Å². The molecule has 0 spiro atoms. The summed E-state index contributed by atoms with van der Waals surface area (Å²) < 4.78 is 30.2. The summed E-state index contributed by atoms with van der Waals surface area (Å²) >= 11 is 0. The van der Waals surface area contributed by atoms with Crippen LogP contribution in [-0.2, 0) is 16.4 Å². The number of benzene rings is 2. The third-order valence-electron chi connectivity index (χ3n) is 6.29. The zero-order chi connectivity index (χ0) is 23.9. The van der Waals surface area contributed by atoms with Crippen molar-refractivity contribution in [3.8, 4) is 0 Å². The van der Waals surface area contributed by atoms with Crippen molar-refractivity contribution in [3.05, 3.63) is 80.7 Å². The first-order valence-corrected chi connectivity index (χ1v) is 13.0. The highest BCUT2D eigenvalue weighted by Gasteiger charge is 2.36. The van der Waals surface area contributed by atoms with Crippen LogP contribution < -0.4 is 5.43 Å². The molecule has 1 atom stereocenters. The van der Waals surface area contributed by atoms with Gasteiger partial charge in [-0.15, -0.1) is 0 Å². The van der Waals surface area contributed by atoms with Crippen LogP contribution in [0.4, 0.5) is 0 Å². The maximum absolute atomic E-state index is 13.6. The van der Waals surface area contributed by atoms with Gasteiger partial charge in [0, 0.05) is 18.7 Å². The Hall–Kier alpha value is -2.93. The van der Waals surface area contributed by atoms with Gasteiger partial charge in [-0.2, -0.15) is 0 Å². The molecule has 0 N–H and O–H groups in total. The van der Waals surface area contributed by atoms with E-state index in [1.165, 1.54) is 11.6 Å². The standard InChI is InChI=1S/C26H29NO5S/c1-16(2)20-7-5-19(6-8-20)14-27(21-9-10-33(30,31)15-21)26(29)24-13-22(28)25-18(4)11-17(3)12-23(25)32-24/h5-8,11-13,16,21H,9-10,14-15H2,1-4H3/t21-/m1/s1. The highest BCUT2D eigenvalue weighted by atomic mass is 32.2. The van der Waals surface area contributed by atoms with Gasteiger partial charge in [0.2, 0.25) is 0 Å². The molecule has 33 heavy (non-hydrogen) atoms. The first kappa shape index (κ1) is 23.2. The Kier molecular flexibility index (Phi) is 6.18. The molecule has 1 aliphatic heterocycles. The number of carbonyl (C=O) groups excluding carboxylic acids is 1. The van der Waals surface area contributed by atoms with Crippen molar-refractivity contribution in [2.45, 2.75) is 52.6 Å². The summed E-state index contributed by atoms with van der Waals surface area (Å²) in [5.74, 6) is -0.188. The van der Waals surface area contributed by atoms with Crippen molar-refractivity contribution < 1.29 is 17.6 Å². The Bertz CT molecular complexity index is 1370. The fourth-order valence-electron chi connectivity index (χ4n) is 4.50. The van der Waals surface area contributed by atoms with Gasteiger partial charge >= 0.3 is 0 Å². The Balaban J connectivity index is 1.73. The van der Waals surface area contributed by atoms with Gasteiger partial charge in [0.05, 0.1) is 16.9 Å². The van der Waals surface area contributed by atoms with Crippen molar-refractivity contribution in [3.63, 3.8) is 0 Å². The van der Waals surface area contributed by atoms with Gasteiger partial charge in [-0.25, -0.2) is 8.42 Å². The quantitative estimate of drug-likeness (QED) is 0.557. The highest BCUT2D eigenvalue weighted by Crippen LogP contribution is 2.25. The summed E-state index contributed by atoms with van der Waals surface area (Å²) in [7, 11) is -3.21. The molecule has 1 amide bonds. The van der Waals surface area contributed by atoms with Gasteiger partial charge in [-0.1, -0.05) is 44.2 Å². The lowest BCUT2D eigenvalue weighted by atomic mass is 10.0. The number of nitrogens with zero attached hydrogens (tertiary/aromatic N) is 1. The monoisotopic (exact) mass is 467 g/mol.